The van der Waals surface area contributed by atoms with Gasteiger partial charge in [0.1, 0.15) is 0 Å². The molecule has 0 spiro atoms. The van der Waals surface area contributed by atoms with Gasteiger partial charge in [-0.05, 0) is 40.5 Å². The Hall–Kier alpha value is -3.64. The first kappa shape index (κ1) is 22.8. The number of carbonyl (C=O) groups is 2. The van der Waals surface area contributed by atoms with Crippen molar-refractivity contribution >= 4 is 34.7 Å². The van der Waals surface area contributed by atoms with Crippen LogP contribution in [0.15, 0.2) is 96.6 Å². The predicted octanol–water partition coefficient (Wildman–Crippen LogP) is 6.78. The summed E-state index contributed by atoms with van der Waals surface area (Å²) in [6.45, 7) is 0. The Morgan fingerprint density at radius 3 is 1.72 bits per heavy atom. The number of hydrogen-bond acceptors (Lipinski definition) is 2. The minimum absolute atomic E-state index is 0.0741. The quantitative estimate of drug-likeness (QED) is 0.290. The van der Waals surface area contributed by atoms with Gasteiger partial charge in [-0.15, -0.1) is 0 Å². The summed E-state index contributed by atoms with van der Waals surface area (Å²) in [5, 5.41) is -0.0741. The Labute approximate surface area is 210 Å². The number of alkyl halides is 3. The first-order chi connectivity index (χ1) is 17.3. The van der Waals surface area contributed by atoms with Crippen LogP contribution < -0.4 is 4.90 Å². The van der Waals surface area contributed by atoms with E-state index < -0.39 is 35.4 Å². The van der Waals surface area contributed by atoms with Crippen molar-refractivity contribution in [1.29, 1.82) is 0 Å². The lowest BCUT2D eigenvalue weighted by molar-refractivity contribution is -0.137. The third-order valence-corrected chi connectivity index (χ3v) is 7.66. The Bertz CT molecular complexity index is 1370. The molecule has 1 heterocycles. The summed E-state index contributed by atoms with van der Waals surface area (Å²) in [5.74, 6) is -3.06. The monoisotopic (exact) mass is 505 g/mol. The Morgan fingerprint density at radius 2 is 1.25 bits per heavy atom. The number of imide groups is 1. The number of rotatable bonds is 3. The summed E-state index contributed by atoms with van der Waals surface area (Å²) in [5.41, 5.74) is 2.77. The minimum Gasteiger partial charge on any atom is -0.274 e. The van der Waals surface area contributed by atoms with Crippen LogP contribution in [0.3, 0.4) is 0 Å². The second kappa shape index (κ2) is 8.20. The lowest BCUT2D eigenvalue weighted by atomic mass is 9.85. The number of fused-ring (bicyclic) bond motifs is 5. The molecule has 180 valence electrons. The zero-order valence-electron chi connectivity index (χ0n) is 18.7. The van der Waals surface area contributed by atoms with Crippen molar-refractivity contribution in [2.75, 3.05) is 4.90 Å². The van der Waals surface area contributed by atoms with Crippen LogP contribution in [0.1, 0.15) is 16.7 Å². The molecule has 0 radical (unpaired) electrons. The van der Waals surface area contributed by atoms with Crippen molar-refractivity contribution in [3.63, 3.8) is 0 Å². The average molecular weight is 506 g/mol. The highest BCUT2D eigenvalue weighted by molar-refractivity contribution is 6.36. The van der Waals surface area contributed by atoms with E-state index >= 15 is 0 Å². The van der Waals surface area contributed by atoms with E-state index in [9.17, 15) is 22.8 Å². The van der Waals surface area contributed by atoms with E-state index in [-0.39, 0.29) is 22.5 Å². The Morgan fingerprint density at radius 1 is 0.750 bits per heavy atom. The molecule has 0 unspecified atom stereocenters. The molecule has 3 aromatic rings. The van der Waals surface area contributed by atoms with E-state index in [1.165, 1.54) is 0 Å². The lowest BCUT2D eigenvalue weighted by Gasteiger charge is -2.23. The number of anilines is 1. The fourth-order valence-electron chi connectivity index (χ4n) is 5.90. The van der Waals surface area contributed by atoms with Crippen molar-refractivity contribution in [2.24, 2.45) is 23.7 Å². The van der Waals surface area contributed by atoms with Crippen LogP contribution in [-0.2, 0) is 15.8 Å². The number of carbonyl (C=O) groups excluding carboxylic acids is 2. The van der Waals surface area contributed by atoms with Gasteiger partial charge in [-0.2, -0.15) is 13.2 Å². The predicted molar refractivity (Wildman–Crippen MR) is 131 cm³/mol. The number of nitrogens with zero attached hydrogens (tertiary/aromatic N) is 1. The van der Waals surface area contributed by atoms with Gasteiger partial charge >= 0.3 is 6.18 Å². The van der Waals surface area contributed by atoms with Gasteiger partial charge in [0.2, 0.25) is 11.8 Å². The van der Waals surface area contributed by atoms with E-state index in [0.717, 1.165) is 45.4 Å². The van der Waals surface area contributed by atoms with Gasteiger partial charge < -0.3 is 0 Å². The third-order valence-electron chi connectivity index (χ3n) is 7.34. The fraction of sp³-hybridized carbons (Fsp3) is 0.172. The molecule has 3 nitrogen and oxygen atoms in total. The first-order valence-corrected chi connectivity index (χ1v) is 11.9. The Balaban J connectivity index is 1.47. The molecule has 0 aromatic heterocycles. The van der Waals surface area contributed by atoms with Gasteiger partial charge in [0, 0.05) is 11.8 Å². The van der Waals surface area contributed by atoms with E-state index in [4.69, 9.17) is 11.6 Å². The average Bonchev–Trinajstić information content (AvgIpc) is 3.50. The molecule has 1 saturated carbocycles. The second-order valence-corrected chi connectivity index (χ2v) is 9.63. The molecule has 2 bridgehead atoms. The molecule has 2 fully saturated rings. The van der Waals surface area contributed by atoms with Gasteiger partial charge in [0.15, 0.2) is 0 Å². The summed E-state index contributed by atoms with van der Waals surface area (Å²) in [6, 6.07) is 22.3. The molecular weight excluding hydrogens is 487 g/mol. The first-order valence-electron chi connectivity index (χ1n) is 11.5. The highest BCUT2D eigenvalue weighted by Crippen LogP contribution is 2.59. The second-order valence-electron chi connectivity index (χ2n) is 9.23. The van der Waals surface area contributed by atoms with Crippen molar-refractivity contribution in [3.8, 4) is 0 Å². The number of halogens is 4. The topological polar surface area (TPSA) is 37.4 Å². The fourth-order valence-corrected chi connectivity index (χ4v) is 6.11. The van der Waals surface area contributed by atoms with E-state index in [1.54, 1.807) is 0 Å². The van der Waals surface area contributed by atoms with Gasteiger partial charge in [-0.25, -0.2) is 4.90 Å². The van der Waals surface area contributed by atoms with Gasteiger partial charge in [0.05, 0.1) is 28.1 Å². The van der Waals surface area contributed by atoms with Crippen LogP contribution in [0.2, 0.25) is 5.02 Å². The number of hydrogen-bond donors (Lipinski definition) is 0. The molecule has 0 N–H and O–H groups in total. The van der Waals surface area contributed by atoms with Gasteiger partial charge in [-0.3, -0.25) is 9.59 Å². The van der Waals surface area contributed by atoms with Crippen molar-refractivity contribution in [2.45, 2.75) is 6.18 Å². The van der Waals surface area contributed by atoms with Crippen LogP contribution >= 0.6 is 11.6 Å². The van der Waals surface area contributed by atoms with Crippen LogP contribution in [0.5, 0.6) is 0 Å². The third kappa shape index (κ3) is 3.35. The summed E-state index contributed by atoms with van der Waals surface area (Å²) < 4.78 is 40.1. The maximum Gasteiger partial charge on any atom is 0.416 e. The van der Waals surface area contributed by atoms with Crippen LogP contribution in [0.25, 0.3) is 5.57 Å². The molecule has 3 aliphatic rings. The molecule has 3 aromatic carbocycles. The molecule has 2 aliphatic carbocycles. The number of amides is 2. The zero-order valence-corrected chi connectivity index (χ0v) is 19.5. The molecule has 36 heavy (non-hydrogen) atoms. The van der Waals surface area contributed by atoms with Gasteiger partial charge in [0.25, 0.3) is 0 Å². The molecule has 1 saturated heterocycles. The zero-order chi connectivity index (χ0) is 25.2. The van der Waals surface area contributed by atoms with E-state index in [0.29, 0.717) is 0 Å². The van der Waals surface area contributed by atoms with Crippen LogP contribution in [0.4, 0.5) is 18.9 Å². The summed E-state index contributed by atoms with van der Waals surface area (Å²) >= 11 is 6.20. The standard InChI is InChI=1S/C29H19ClF3NO2/c30-21-14-11-18(29(31,32)33)15-22(21)34-27(35)25-19-12-13-20(26(25)28(34)36)24(19)23(16-7-3-1-4-8-16)17-9-5-2-6-10-17/h1-15,19-20,25-26H/t19-,20-,25+,26+/m0/s1. The highest BCUT2D eigenvalue weighted by Gasteiger charge is 2.62. The summed E-state index contributed by atoms with van der Waals surface area (Å²) in [6.07, 6.45) is -0.720. The molecule has 1 aliphatic heterocycles. The maximum atomic E-state index is 13.7. The largest absolute Gasteiger partial charge is 0.416 e. The SMILES string of the molecule is O=C1[C@H]2[C@H](C(=O)N1c1cc(C(F)(F)F)ccc1Cl)[C@H]1C=C[C@H]2C1=C(c1ccccc1)c1ccccc1. The molecular formula is C29H19ClF3NO2. The molecule has 6 rings (SSSR count). The van der Waals surface area contributed by atoms with Gasteiger partial charge in [-0.1, -0.05) is 84.4 Å². The lowest BCUT2D eigenvalue weighted by Crippen LogP contribution is -2.33. The minimum atomic E-state index is -4.63. The van der Waals surface area contributed by atoms with Crippen molar-refractivity contribution in [1.82, 2.24) is 0 Å². The smallest absolute Gasteiger partial charge is 0.274 e. The van der Waals surface area contributed by atoms with Crippen molar-refractivity contribution < 1.29 is 22.8 Å². The highest BCUT2D eigenvalue weighted by atomic mass is 35.5. The molecule has 2 amide bonds. The van der Waals surface area contributed by atoms with Crippen LogP contribution in [0, 0.1) is 23.7 Å². The normalized spacial score (nSPS) is 24.6. The summed E-state index contributed by atoms with van der Waals surface area (Å²) in [7, 11) is 0. The number of benzene rings is 3. The molecule has 4 atom stereocenters. The van der Waals surface area contributed by atoms with Crippen LogP contribution in [-0.4, -0.2) is 11.8 Å². The van der Waals surface area contributed by atoms with E-state index in [2.05, 4.69) is 0 Å². The Kier molecular flexibility index (Phi) is 5.20. The number of allylic oxidation sites excluding steroid dienone is 3. The molecule has 7 heteroatoms. The van der Waals surface area contributed by atoms with E-state index in [1.807, 2.05) is 72.8 Å². The van der Waals surface area contributed by atoms with Crippen molar-refractivity contribution in [3.05, 3.63) is 118 Å². The maximum absolute atomic E-state index is 13.7. The summed E-state index contributed by atoms with van der Waals surface area (Å²) in [4.78, 5) is 28.2.